The van der Waals surface area contributed by atoms with E-state index >= 15 is 0 Å². The molecule has 0 radical (unpaired) electrons. The molecule has 4 heteroatoms. The monoisotopic (exact) mass is 287 g/mol. The molecule has 0 aliphatic carbocycles. The zero-order chi connectivity index (χ0) is 14.8. The van der Waals surface area contributed by atoms with E-state index in [-0.39, 0.29) is 0 Å². The lowest BCUT2D eigenvalue weighted by Gasteiger charge is -2.21. The van der Waals surface area contributed by atoms with Gasteiger partial charge < -0.3 is 8.84 Å². The average Bonchev–Trinajstić information content (AvgIpc) is 2.85. The molecule has 0 saturated carbocycles. The summed E-state index contributed by atoms with van der Waals surface area (Å²) in [5, 5.41) is 0. The summed E-state index contributed by atoms with van der Waals surface area (Å²) >= 11 is 0. The van der Waals surface area contributed by atoms with E-state index in [4.69, 9.17) is 13.8 Å². The minimum atomic E-state index is -1.66. The van der Waals surface area contributed by atoms with Crippen LogP contribution in [0.25, 0.3) is 0 Å². The predicted octanol–water partition coefficient (Wildman–Crippen LogP) is 4.94. The van der Waals surface area contributed by atoms with E-state index in [1.807, 2.05) is 44.2 Å². The third-order valence-corrected chi connectivity index (χ3v) is 3.61. The molecule has 20 heavy (non-hydrogen) atoms. The Morgan fingerprint density at radius 3 is 2.50 bits per heavy atom. The predicted molar refractivity (Wildman–Crippen MR) is 85.7 cm³/mol. The van der Waals surface area contributed by atoms with Crippen LogP contribution in [-0.2, 0) is 0 Å². The number of aliphatic imine (C=N–C) groups is 1. The van der Waals surface area contributed by atoms with Crippen LogP contribution >= 0.6 is 0 Å². The highest BCUT2D eigenvalue weighted by Gasteiger charge is 2.19. The topological polar surface area (TPSA) is 34.7 Å². The number of furan rings is 1. The molecular formula is C16H21NO2Si. The molecule has 0 atom stereocenters. The van der Waals surface area contributed by atoms with Gasteiger partial charge in [0.15, 0.2) is 0 Å². The highest BCUT2D eigenvalue weighted by Crippen LogP contribution is 2.33. The summed E-state index contributed by atoms with van der Waals surface area (Å²) in [6, 6.07) is 9.82. The van der Waals surface area contributed by atoms with Gasteiger partial charge in [-0.3, -0.25) is 0 Å². The summed E-state index contributed by atoms with van der Waals surface area (Å²) in [6.45, 7) is 10.5. The third-order valence-electron chi connectivity index (χ3n) is 2.77. The van der Waals surface area contributed by atoms with Gasteiger partial charge in [-0.05, 0) is 57.3 Å². The number of benzene rings is 1. The molecule has 0 fully saturated rings. The zero-order valence-electron chi connectivity index (χ0n) is 12.7. The van der Waals surface area contributed by atoms with Gasteiger partial charge in [-0.1, -0.05) is 12.1 Å². The van der Waals surface area contributed by atoms with Crippen LogP contribution in [0.1, 0.15) is 18.2 Å². The van der Waals surface area contributed by atoms with Crippen LogP contribution in [0.2, 0.25) is 19.6 Å². The van der Waals surface area contributed by atoms with E-state index < -0.39 is 8.32 Å². The van der Waals surface area contributed by atoms with E-state index in [1.54, 1.807) is 6.26 Å². The molecule has 0 N–H and O–H groups in total. The number of nitrogens with zero attached hydrogens (tertiary/aromatic N) is 1. The van der Waals surface area contributed by atoms with Crippen LogP contribution < -0.4 is 4.43 Å². The molecular weight excluding hydrogens is 266 g/mol. The minimum Gasteiger partial charge on any atom is -0.543 e. The number of hydrogen-bond donors (Lipinski definition) is 0. The Balaban J connectivity index is 2.43. The molecule has 2 aromatic rings. The molecule has 1 aromatic carbocycles. The standard InChI is InChI=1S/C16H21NO2Si/c1-12-8-6-9-15(19-20(3,4)5)16(12)17-13(2)14-10-7-11-18-14/h6-11H,1-5H3. The van der Waals surface area contributed by atoms with Crippen molar-refractivity contribution < 1.29 is 8.84 Å². The van der Waals surface area contributed by atoms with E-state index in [2.05, 4.69) is 19.6 Å². The normalized spacial score (nSPS) is 12.6. The first-order chi connectivity index (χ1) is 9.37. The van der Waals surface area contributed by atoms with Gasteiger partial charge in [-0.25, -0.2) is 4.99 Å². The number of para-hydroxylation sites is 1. The second-order valence-corrected chi connectivity index (χ2v) is 10.2. The molecule has 1 heterocycles. The largest absolute Gasteiger partial charge is 0.543 e. The molecule has 3 nitrogen and oxygen atoms in total. The van der Waals surface area contributed by atoms with Crippen molar-refractivity contribution in [2.75, 3.05) is 0 Å². The van der Waals surface area contributed by atoms with Crippen molar-refractivity contribution >= 4 is 19.7 Å². The lowest BCUT2D eigenvalue weighted by atomic mass is 10.2. The van der Waals surface area contributed by atoms with Crippen molar-refractivity contribution in [2.24, 2.45) is 4.99 Å². The Hall–Kier alpha value is -1.81. The smallest absolute Gasteiger partial charge is 0.242 e. The fourth-order valence-corrected chi connectivity index (χ4v) is 2.72. The Kier molecular flexibility index (Phi) is 4.14. The van der Waals surface area contributed by atoms with Gasteiger partial charge >= 0.3 is 0 Å². The molecule has 0 aliphatic rings. The van der Waals surface area contributed by atoms with Gasteiger partial charge in [-0.15, -0.1) is 0 Å². The minimum absolute atomic E-state index is 0.784. The number of aryl methyl sites for hydroxylation is 1. The summed E-state index contributed by atoms with van der Waals surface area (Å²) in [5.74, 6) is 1.64. The van der Waals surface area contributed by atoms with Crippen LogP contribution in [0, 0.1) is 6.92 Å². The van der Waals surface area contributed by atoms with Gasteiger partial charge in [0.2, 0.25) is 8.32 Å². The van der Waals surface area contributed by atoms with Gasteiger partial charge in [0, 0.05) is 0 Å². The SMILES string of the molecule is CC(=Nc1c(C)cccc1O[Si](C)(C)C)c1ccco1. The Morgan fingerprint density at radius 2 is 1.90 bits per heavy atom. The summed E-state index contributed by atoms with van der Waals surface area (Å²) in [6.07, 6.45) is 1.66. The Labute approximate surface area is 121 Å². The van der Waals surface area contributed by atoms with Crippen molar-refractivity contribution in [1.29, 1.82) is 0 Å². The molecule has 0 amide bonds. The third kappa shape index (κ3) is 3.60. The highest BCUT2D eigenvalue weighted by molar-refractivity contribution is 6.70. The molecule has 0 saturated heterocycles. The van der Waals surface area contributed by atoms with E-state index in [9.17, 15) is 0 Å². The maximum atomic E-state index is 6.13. The molecule has 0 unspecified atom stereocenters. The molecule has 1 aromatic heterocycles. The summed E-state index contributed by atoms with van der Waals surface area (Å²) < 4.78 is 11.5. The van der Waals surface area contributed by atoms with Gasteiger partial charge in [0.1, 0.15) is 17.2 Å². The van der Waals surface area contributed by atoms with Gasteiger partial charge in [0.05, 0.1) is 12.0 Å². The molecule has 0 aliphatic heterocycles. The zero-order valence-corrected chi connectivity index (χ0v) is 13.7. The molecule has 0 bridgehead atoms. The Bertz CT molecular complexity index is 610. The second-order valence-electron chi connectivity index (χ2n) is 5.81. The fraction of sp³-hybridized carbons (Fsp3) is 0.312. The van der Waals surface area contributed by atoms with E-state index in [0.29, 0.717) is 0 Å². The average molecular weight is 287 g/mol. The number of hydrogen-bond acceptors (Lipinski definition) is 3. The second kappa shape index (κ2) is 5.67. The summed E-state index contributed by atoms with van der Waals surface area (Å²) in [5.41, 5.74) is 2.85. The van der Waals surface area contributed by atoms with Crippen LogP contribution in [-0.4, -0.2) is 14.0 Å². The van der Waals surface area contributed by atoms with Crippen molar-refractivity contribution in [3.8, 4) is 5.75 Å². The summed E-state index contributed by atoms with van der Waals surface area (Å²) in [4.78, 5) is 4.71. The quantitative estimate of drug-likeness (QED) is 0.589. The first-order valence-corrected chi connectivity index (χ1v) is 10.2. The number of rotatable bonds is 4. The maximum Gasteiger partial charge on any atom is 0.242 e. The molecule has 106 valence electrons. The Morgan fingerprint density at radius 1 is 1.15 bits per heavy atom. The van der Waals surface area contributed by atoms with Crippen molar-refractivity contribution in [3.63, 3.8) is 0 Å². The lowest BCUT2D eigenvalue weighted by molar-refractivity contribution is 0.555. The van der Waals surface area contributed by atoms with Crippen LogP contribution in [0.15, 0.2) is 46.0 Å². The summed E-state index contributed by atoms with van der Waals surface area (Å²) in [7, 11) is -1.66. The van der Waals surface area contributed by atoms with Crippen molar-refractivity contribution in [2.45, 2.75) is 33.5 Å². The van der Waals surface area contributed by atoms with Gasteiger partial charge in [0.25, 0.3) is 0 Å². The fourth-order valence-electron chi connectivity index (χ4n) is 1.89. The van der Waals surface area contributed by atoms with Crippen molar-refractivity contribution in [1.82, 2.24) is 0 Å². The van der Waals surface area contributed by atoms with Crippen molar-refractivity contribution in [3.05, 3.63) is 47.9 Å². The van der Waals surface area contributed by atoms with E-state index in [1.165, 1.54) is 0 Å². The molecule has 0 spiro atoms. The van der Waals surface area contributed by atoms with Crippen LogP contribution in [0.5, 0.6) is 5.75 Å². The first kappa shape index (κ1) is 14.6. The van der Waals surface area contributed by atoms with Crippen LogP contribution in [0.3, 0.4) is 0 Å². The van der Waals surface area contributed by atoms with Crippen LogP contribution in [0.4, 0.5) is 5.69 Å². The first-order valence-electron chi connectivity index (χ1n) is 6.74. The molecule has 2 rings (SSSR count). The highest BCUT2D eigenvalue weighted by atomic mass is 28.4. The van der Waals surface area contributed by atoms with E-state index in [0.717, 1.165) is 28.5 Å². The van der Waals surface area contributed by atoms with Gasteiger partial charge in [-0.2, -0.15) is 0 Å². The maximum absolute atomic E-state index is 6.13. The lowest BCUT2D eigenvalue weighted by Crippen LogP contribution is -2.29.